The second-order valence-electron chi connectivity index (χ2n) is 10.2. The first kappa shape index (κ1) is 23.4. The van der Waals surface area contributed by atoms with Crippen LogP contribution in [0.4, 0.5) is 4.79 Å². The van der Waals surface area contributed by atoms with Crippen LogP contribution in [-0.2, 0) is 14.3 Å². The van der Waals surface area contributed by atoms with E-state index in [0.717, 1.165) is 30.4 Å². The molecule has 35 heavy (non-hydrogen) atoms. The van der Waals surface area contributed by atoms with Crippen LogP contribution >= 0.6 is 0 Å². The summed E-state index contributed by atoms with van der Waals surface area (Å²) in [6, 6.07) is 16.1. The summed E-state index contributed by atoms with van der Waals surface area (Å²) >= 11 is 0. The minimum atomic E-state index is -0.813. The number of aliphatic carboxylic acids is 1. The Morgan fingerprint density at radius 1 is 1.00 bits per heavy atom. The monoisotopic (exact) mass is 476 g/mol. The van der Waals surface area contributed by atoms with E-state index in [0.29, 0.717) is 13.0 Å². The lowest BCUT2D eigenvalue weighted by atomic mass is 9.84. The summed E-state index contributed by atoms with van der Waals surface area (Å²) in [4.78, 5) is 36.7. The number of carboxylic acid groups (broad SMARTS) is 1. The number of alkyl carbamates (subject to hydrolysis) is 1. The molecule has 184 valence electrons. The summed E-state index contributed by atoms with van der Waals surface area (Å²) in [6.45, 7) is 2.36. The van der Waals surface area contributed by atoms with Crippen LogP contribution in [-0.4, -0.2) is 42.3 Å². The number of nitrogens with one attached hydrogen (secondary N) is 2. The van der Waals surface area contributed by atoms with Gasteiger partial charge in [0, 0.05) is 24.4 Å². The van der Waals surface area contributed by atoms with Crippen LogP contribution in [0.2, 0.25) is 0 Å². The Bertz CT molecular complexity index is 1090. The molecule has 2 fully saturated rings. The third kappa shape index (κ3) is 4.51. The van der Waals surface area contributed by atoms with E-state index in [1.165, 1.54) is 11.1 Å². The van der Waals surface area contributed by atoms with E-state index in [-0.39, 0.29) is 42.2 Å². The predicted octanol–water partition coefficient (Wildman–Crippen LogP) is 4.17. The fourth-order valence-corrected chi connectivity index (χ4v) is 6.33. The molecule has 2 aromatic carbocycles. The number of carboxylic acids is 1. The fourth-order valence-electron chi connectivity index (χ4n) is 6.33. The number of benzene rings is 2. The van der Waals surface area contributed by atoms with Crippen molar-refractivity contribution in [3.63, 3.8) is 0 Å². The first-order valence-corrected chi connectivity index (χ1v) is 12.6. The zero-order valence-corrected chi connectivity index (χ0v) is 19.9. The number of carbonyl (C=O) groups is 3. The Morgan fingerprint density at radius 3 is 2.29 bits per heavy atom. The Hall–Kier alpha value is -3.35. The van der Waals surface area contributed by atoms with Gasteiger partial charge >= 0.3 is 12.1 Å². The number of hydrogen-bond donors (Lipinski definition) is 3. The van der Waals surface area contributed by atoms with Crippen molar-refractivity contribution in [3.05, 3.63) is 59.7 Å². The molecule has 0 aliphatic heterocycles. The maximum absolute atomic E-state index is 12.7. The minimum Gasteiger partial charge on any atom is -0.481 e. The molecule has 7 heteroatoms. The van der Waals surface area contributed by atoms with Gasteiger partial charge in [-0.05, 0) is 59.8 Å². The molecule has 0 spiro atoms. The van der Waals surface area contributed by atoms with Crippen molar-refractivity contribution in [2.24, 2.45) is 23.7 Å². The highest BCUT2D eigenvalue weighted by Crippen LogP contribution is 2.48. The molecule has 0 aromatic heterocycles. The van der Waals surface area contributed by atoms with Gasteiger partial charge in [0.25, 0.3) is 0 Å². The minimum absolute atomic E-state index is 0.00164. The number of rotatable bonds is 8. The van der Waals surface area contributed by atoms with Gasteiger partial charge in [-0.3, -0.25) is 9.59 Å². The van der Waals surface area contributed by atoms with E-state index < -0.39 is 18.0 Å². The number of ether oxygens (including phenoxy) is 1. The lowest BCUT2D eigenvalue weighted by Gasteiger charge is -2.29. The molecule has 2 aromatic rings. The number of amides is 2. The van der Waals surface area contributed by atoms with Crippen molar-refractivity contribution in [3.8, 4) is 11.1 Å². The van der Waals surface area contributed by atoms with Crippen LogP contribution in [0.25, 0.3) is 11.1 Å². The summed E-state index contributed by atoms with van der Waals surface area (Å²) in [5, 5.41) is 15.3. The predicted molar refractivity (Wildman–Crippen MR) is 131 cm³/mol. The Labute approximate surface area is 205 Å². The maximum Gasteiger partial charge on any atom is 0.407 e. The summed E-state index contributed by atoms with van der Waals surface area (Å²) in [5.41, 5.74) is 4.68. The van der Waals surface area contributed by atoms with Gasteiger partial charge in [-0.1, -0.05) is 55.5 Å². The first-order valence-electron chi connectivity index (χ1n) is 12.6. The normalized spacial score (nSPS) is 24.9. The first-order chi connectivity index (χ1) is 16.9. The van der Waals surface area contributed by atoms with Crippen LogP contribution in [0.1, 0.15) is 49.7 Å². The highest BCUT2D eigenvalue weighted by atomic mass is 16.5. The van der Waals surface area contributed by atoms with Crippen LogP contribution in [0, 0.1) is 23.7 Å². The van der Waals surface area contributed by atoms with E-state index in [9.17, 15) is 19.5 Å². The Balaban J connectivity index is 1.08. The molecular formula is C28H32N2O5. The zero-order chi connectivity index (χ0) is 24.5. The van der Waals surface area contributed by atoms with Crippen LogP contribution in [0.5, 0.6) is 0 Å². The van der Waals surface area contributed by atoms with Gasteiger partial charge in [0.1, 0.15) is 6.61 Å². The Kier molecular flexibility index (Phi) is 6.50. The lowest BCUT2D eigenvalue weighted by molar-refractivity contribution is -0.145. The van der Waals surface area contributed by atoms with Crippen LogP contribution < -0.4 is 10.6 Å². The van der Waals surface area contributed by atoms with Crippen molar-refractivity contribution in [1.29, 1.82) is 0 Å². The molecule has 0 heterocycles. The van der Waals surface area contributed by atoms with Crippen molar-refractivity contribution >= 4 is 18.0 Å². The highest BCUT2D eigenvalue weighted by Gasteiger charge is 2.51. The molecule has 7 nitrogen and oxygen atoms in total. The van der Waals surface area contributed by atoms with Gasteiger partial charge in [-0.15, -0.1) is 0 Å². The molecule has 5 rings (SSSR count). The van der Waals surface area contributed by atoms with Crippen LogP contribution in [0.3, 0.4) is 0 Å². The summed E-state index contributed by atoms with van der Waals surface area (Å²) in [6.07, 6.45) is 2.76. The van der Waals surface area contributed by atoms with Gasteiger partial charge in [-0.2, -0.15) is 0 Å². The van der Waals surface area contributed by atoms with E-state index in [4.69, 9.17) is 4.74 Å². The molecule has 0 radical (unpaired) electrons. The molecule has 3 aliphatic rings. The molecule has 0 saturated heterocycles. The molecule has 3 aliphatic carbocycles. The topological polar surface area (TPSA) is 105 Å². The van der Waals surface area contributed by atoms with E-state index in [2.05, 4.69) is 34.9 Å². The van der Waals surface area contributed by atoms with Crippen molar-refractivity contribution in [2.45, 2.75) is 44.6 Å². The van der Waals surface area contributed by atoms with E-state index >= 15 is 0 Å². The molecule has 5 atom stereocenters. The van der Waals surface area contributed by atoms with Crippen LogP contribution in [0.15, 0.2) is 48.5 Å². The maximum atomic E-state index is 12.7. The molecule has 2 saturated carbocycles. The molecule has 3 N–H and O–H groups in total. The average molecular weight is 477 g/mol. The van der Waals surface area contributed by atoms with Gasteiger partial charge < -0.3 is 20.5 Å². The van der Waals surface area contributed by atoms with Gasteiger partial charge in [0.05, 0.1) is 5.92 Å². The third-order valence-corrected chi connectivity index (χ3v) is 8.15. The molecule has 2 bridgehead atoms. The van der Waals surface area contributed by atoms with Crippen molar-refractivity contribution in [1.82, 2.24) is 10.6 Å². The zero-order valence-electron chi connectivity index (χ0n) is 19.9. The number of hydrogen-bond acceptors (Lipinski definition) is 4. The second kappa shape index (κ2) is 9.72. The van der Waals surface area contributed by atoms with E-state index in [1.807, 2.05) is 24.3 Å². The molecule has 2 amide bonds. The lowest BCUT2D eigenvalue weighted by Crippen LogP contribution is -2.48. The van der Waals surface area contributed by atoms with Gasteiger partial charge in [0.2, 0.25) is 5.91 Å². The Morgan fingerprint density at radius 2 is 1.63 bits per heavy atom. The van der Waals surface area contributed by atoms with Crippen molar-refractivity contribution < 1.29 is 24.2 Å². The van der Waals surface area contributed by atoms with Gasteiger partial charge in [-0.25, -0.2) is 4.79 Å². The second-order valence-corrected chi connectivity index (χ2v) is 10.2. The molecule has 5 unspecified atom stereocenters. The average Bonchev–Trinajstić information content (AvgIpc) is 3.54. The third-order valence-electron chi connectivity index (χ3n) is 8.15. The quantitative estimate of drug-likeness (QED) is 0.531. The number of carbonyl (C=O) groups excluding carboxylic acids is 2. The van der Waals surface area contributed by atoms with E-state index in [1.54, 1.807) is 6.92 Å². The largest absolute Gasteiger partial charge is 0.481 e. The van der Waals surface area contributed by atoms with Gasteiger partial charge in [0.15, 0.2) is 0 Å². The smallest absolute Gasteiger partial charge is 0.407 e. The fraction of sp³-hybridized carbons (Fsp3) is 0.464. The summed E-state index contributed by atoms with van der Waals surface area (Å²) in [5.74, 6) is -1.34. The SMILES string of the molecule is CC(CCNC(=O)OCC1c2ccccc2-c2ccccc21)C(=O)NC1C2CCC(C2)C1C(=O)O. The van der Waals surface area contributed by atoms with Crippen molar-refractivity contribution in [2.75, 3.05) is 13.2 Å². The standard InChI is InChI=1S/C28H32N2O5/c1-16(26(31)30-25-18-11-10-17(14-18)24(25)27(32)33)12-13-29-28(34)35-15-23-21-8-4-2-6-19(21)20-7-3-5-9-22(20)23/h2-9,16-18,23-25H,10-15H2,1H3,(H,29,34)(H,30,31)(H,32,33). The number of fused-ring (bicyclic) bond motifs is 5. The highest BCUT2D eigenvalue weighted by molar-refractivity contribution is 5.81. The summed E-state index contributed by atoms with van der Waals surface area (Å²) in [7, 11) is 0. The molecular weight excluding hydrogens is 444 g/mol. The summed E-state index contributed by atoms with van der Waals surface area (Å²) < 4.78 is 5.55.